The number of nitrogens with one attached hydrogen (secondary N) is 1. The summed E-state index contributed by atoms with van der Waals surface area (Å²) in [5.41, 5.74) is 1.39. The number of nitrogens with zero attached hydrogens (tertiary/aromatic N) is 5. The molecule has 0 saturated carbocycles. The van der Waals surface area contributed by atoms with Crippen LogP contribution in [0.3, 0.4) is 0 Å². The molecule has 1 aliphatic rings. The Labute approximate surface area is 134 Å². The van der Waals surface area contributed by atoms with Crippen molar-refractivity contribution in [2.75, 3.05) is 18.5 Å². The molecule has 1 aliphatic heterocycles. The van der Waals surface area contributed by atoms with Crippen molar-refractivity contribution in [3.8, 4) is 0 Å². The molecule has 1 amide bonds. The molecule has 23 heavy (non-hydrogen) atoms. The Morgan fingerprint density at radius 1 is 1.48 bits per heavy atom. The highest BCUT2D eigenvalue weighted by molar-refractivity contribution is 6.02. The van der Waals surface area contributed by atoms with Gasteiger partial charge in [0.1, 0.15) is 11.5 Å². The van der Waals surface area contributed by atoms with E-state index in [4.69, 9.17) is 4.74 Å². The van der Waals surface area contributed by atoms with Crippen molar-refractivity contribution in [2.45, 2.75) is 38.6 Å². The number of aromatic nitrogens is 5. The van der Waals surface area contributed by atoms with E-state index in [-0.39, 0.29) is 11.9 Å². The molecule has 2 aromatic rings. The van der Waals surface area contributed by atoms with Gasteiger partial charge in [-0.25, -0.2) is 4.68 Å². The van der Waals surface area contributed by atoms with Gasteiger partial charge in [-0.05, 0) is 26.7 Å². The van der Waals surface area contributed by atoms with Gasteiger partial charge in [0.2, 0.25) is 0 Å². The van der Waals surface area contributed by atoms with Crippen LogP contribution in [0.1, 0.15) is 54.8 Å². The molecule has 2 aromatic heterocycles. The fourth-order valence-corrected chi connectivity index (χ4v) is 2.75. The first-order valence-electron chi connectivity index (χ1n) is 7.89. The summed E-state index contributed by atoms with van der Waals surface area (Å²) in [6.45, 7) is 5.42. The van der Waals surface area contributed by atoms with Gasteiger partial charge in [0.05, 0.1) is 18.5 Å². The molecule has 0 radical (unpaired) electrons. The zero-order chi connectivity index (χ0) is 16.4. The minimum Gasteiger partial charge on any atom is -0.381 e. The second-order valence-corrected chi connectivity index (χ2v) is 6.10. The van der Waals surface area contributed by atoms with Crippen LogP contribution in [0.25, 0.3) is 0 Å². The normalized spacial score (nSPS) is 18.3. The quantitative estimate of drug-likeness (QED) is 0.928. The molecule has 1 atom stereocenters. The van der Waals surface area contributed by atoms with Crippen LogP contribution in [0.15, 0.2) is 12.3 Å². The summed E-state index contributed by atoms with van der Waals surface area (Å²) in [4.78, 5) is 12.5. The minimum absolute atomic E-state index is 0.0692. The molecule has 0 aliphatic carbocycles. The Kier molecular flexibility index (Phi) is 4.42. The SMILES string of the molecule is CC(C)n1nncc1C(=O)Nc1cc(C2CCCOC2)nn1C. The van der Waals surface area contributed by atoms with Gasteiger partial charge >= 0.3 is 0 Å². The molecule has 0 spiro atoms. The summed E-state index contributed by atoms with van der Waals surface area (Å²) in [5.74, 6) is 0.716. The number of ether oxygens (including phenoxy) is 1. The van der Waals surface area contributed by atoms with Crippen molar-refractivity contribution in [3.63, 3.8) is 0 Å². The maximum atomic E-state index is 12.5. The van der Waals surface area contributed by atoms with Crippen LogP contribution >= 0.6 is 0 Å². The third-order valence-electron chi connectivity index (χ3n) is 4.02. The average molecular weight is 318 g/mol. The van der Waals surface area contributed by atoms with Gasteiger partial charge in [0, 0.05) is 31.7 Å². The van der Waals surface area contributed by atoms with Crippen LogP contribution < -0.4 is 5.32 Å². The average Bonchev–Trinajstić information content (AvgIpc) is 3.16. The lowest BCUT2D eigenvalue weighted by Crippen LogP contribution is -2.20. The maximum Gasteiger partial charge on any atom is 0.276 e. The molecular formula is C15H22N6O2. The van der Waals surface area contributed by atoms with Crippen molar-refractivity contribution in [1.29, 1.82) is 0 Å². The highest BCUT2D eigenvalue weighted by Gasteiger charge is 2.22. The van der Waals surface area contributed by atoms with Crippen LogP contribution in [-0.2, 0) is 11.8 Å². The smallest absolute Gasteiger partial charge is 0.276 e. The molecule has 3 heterocycles. The lowest BCUT2D eigenvalue weighted by atomic mass is 9.99. The van der Waals surface area contributed by atoms with Gasteiger partial charge < -0.3 is 10.1 Å². The molecule has 8 heteroatoms. The summed E-state index contributed by atoms with van der Waals surface area (Å²) < 4.78 is 8.80. The summed E-state index contributed by atoms with van der Waals surface area (Å²) in [6.07, 6.45) is 3.58. The third kappa shape index (κ3) is 3.26. The van der Waals surface area contributed by atoms with Crippen LogP contribution in [0.4, 0.5) is 5.82 Å². The first-order valence-corrected chi connectivity index (χ1v) is 7.89. The number of aryl methyl sites for hydroxylation is 1. The van der Waals surface area contributed by atoms with Gasteiger partial charge in [0.25, 0.3) is 5.91 Å². The molecule has 124 valence electrons. The van der Waals surface area contributed by atoms with E-state index in [0.717, 1.165) is 25.1 Å². The number of carbonyl (C=O) groups is 1. The number of anilines is 1. The van der Waals surface area contributed by atoms with Crippen molar-refractivity contribution < 1.29 is 9.53 Å². The number of amides is 1. The van der Waals surface area contributed by atoms with Gasteiger partial charge in [0.15, 0.2) is 0 Å². The fourth-order valence-electron chi connectivity index (χ4n) is 2.75. The molecule has 1 saturated heterocycles. The minimum atomic E-state index is -0.238. The van der Waals surface area contributed by atoms with E-state index in [2.05, 4.69) is 20.7 Å². The first-order chi connectivity index (χ1) is 11.1. The molecule has 1 unspecified atom stereocenters. The third-order valence-corrected chi connectivity index (χ3v) is 4.02. The topological polar surface area (TPSA) is 86.9 Å². The lowest BCUT2D eigenvalue weighted by Gasteiger charge is -2.19. The molecule has 0 bridgehead atoms. The largest absolute Gasteiger partial charge is 0.381 e. The summed E-state index contributed by atoms with van der Waals surface area (Å²) in [6, 6.07) is 1.99. The van der Waals surface area contributed by atoms with E-state index < -0.39 is 0 Å². The van der Waals surface area contributed by atoms with Crippen LogP contribution in [0.5, 0.6) is 0 Å². The van der Waals surface area contributed by atoms with Crippen molar-refractivity contribution in [1.82, 2.24) is 24.8 Å². The van der Waals surface area contributed by atoms with Gasteiger partial charge in [-0.3, -0.25) is 9.48 Å². The summed E-state index contributed by atoms with van der Waals surface area (Å²) in [5, 5.41) is 15.2. The Balaban J connectivity index is 1.76. The van der Waals surface area contributed by atoms with Crippen molar-refractivity contribution in [2.24, 2.45) is 7.05 Å². The molecule has 0 aromatic carbocycles. The summed E-state index contributed by atoms with van der Waals surface area (Å²) in [7, 11) is 1.82. The maximum absolute atomic E-state index is 12.5. The van der Waals surface area contributed by atoms with Gasteiger partial charge in [-0.15, -0.1) is 5.10 Å². The summed E-state index contributed by atoms with van der Waals surface area (Å²) >= 11 is 0. The fraction of sp³-hybridized carbons (Fsp3) is 0.600. The zero-order valence-corrected chi connectivity index (χ0v) is 13.7. The van der Waals surface area contributed by atoms with E-state index in [0.29, 0.717) is 24.0 Å². The number of hydrogen-bond donors (Lipinski definition) is 1. The number of hydrogen-bond acceptors (Lipinski definition) is 5. The van der Waals surface area contributed by atoms with Gasteiger partial charge in [-0.2, -0.15) is 5.10 Å². The highest BCUT2D eigenvalue weighted by Crippen LogP contribution is 2.26. The van der Waals surface area contributed by atoms with E-state index in [1.54, 1.807) is 9.36 Å². The number of rotatable bonds is 4. The Morgan fingerprint density at radius 3 is 3.00 bits per heavy atom. The van der Waals surface area contributed by atoms with E-state index in [1.807, 2.05) is 27.0 Å². The molecule has 1 fully saturated rings. The number of carbonyl (C=O) groups excluding carboxylic acids is 1. The Bertz CT molecular complexity index is 684. The second-order valence-electron chi connectivity index (χ2n) is 6.10. The van der Waals surface area contributed by atoms with E-state index in [1.165, 1.54) is 6.20 Å². The van der Waals surface area contributed by atoms with E-state index >= 15 is 0 Å². The lowest BCUT2D eigenvalue weighted by molar-refractivity contribution is 0.0791. The molecule has 1 N–H and O–H groups in total. The van der Waals surface area contributed by atoms with Crippen molar-refractivity contribution >= 4 is 11.7 Å². The van der Waals surface area contributed by atoms with Crippen LogP contribution in [0, 0.1) is 0 Å². The predicted octanol–water partition coefficient (Wildman–Crippen LogP) is 1.74. The monoisotopic (exact) mass is 318 g/mol. The van der Waals surface area contributed by atoms with Crippen LogP contribution in [-0.4, -0.2) is 43.9 Å². The van der Waals surface area contributed by atoms with Crippen LogP contribution in [0.2, 0.25) is 0 Å². The molecule has 8 nitrogen and oxygen atoms in total. The first kappa shape index (κ1) is 15.7. The Morgan fingerprint density at radius 2 is 2.30 bits per heavy atom. The predicted molar refractivity (Wildman–Crippen MR) is 84.4 cm³/mol. The Hall–Kier alpha value is -2.22. The van der Waals surface area contributed by atoms with E-state index in [9.17, 15) is 4.79 Å². The second kappa shape index (κ2) is 6.49. The molecular weight excluding hydrogens is 296 g/mol. The highest BCUT2D eigenvalue weighted by atomic mass is 16.5. The van der Waals surface area contributed by atoms with Crippen molar-refractivity contribution in [3.05, 3.63) is 23.7 Å². The van der Waals surface area contributed by atoms with Gasteiger partial charge in [-0.1, -0.05) is 5.21 Å². The zero-order valence-electron chi connectivity index (χ0n) is 13.7. The standard InChI is InChI=1S/C15H22N6O2/c1-10(2)21-13(8-16-19-21)15(22)17-14-7-12(18-20(14)3)11-5-4-6-23-9-11/h7-8,10-11H,4-6,9H2,1-3H3,(H,17,22). The molecule has 3 rings (SSSR count).